The average molecular weight is 374 g/mol. The van der Waals surface area contributed by atoms with Gasteiger partial charge in [-0.2, -0.15) is 5.26 Å². The smallest absolute Gasteiger partial charge is 0.261 e. The lowest BCUT2D eigenvalue weighted by molar-refractivity contribution is 0.601. The minimum Gasteiger partial charge on any atom is -0.315 e. The van der Waals surface area contributed by atoms with Crippen LogP contribution >= 0.6 is 0 Å². The summed E-state index contributed by atoms with van der Waals surface area (Å²) in [5.41, 5.74) is 2.76. The highest BCUT2D eigenvalue weighted by atomic mass is 32.2. The predicted octanol–water partition coefficient (Wildman–Crippen LogP) is 3.70. The van der Waals surface area contributed by atoms with Gasteiger partial charge in [-0.3, -0.25) is 9.71 Å². The lowest BCUT2D eigenvalue weighted by Gasteiger charge is -2.09. The maximum atomic E-state index is 12.6. The molecule has 0 unspecified atom stereocenters. The van der Waals surface area contributed by atoms with Crippen molar-refractivity contribution in [2.75, 3.05) is 4.72 Å². The molecule has 1 N–H and O–H groups in total. The molecule has 2 aromatic carbocycles. The Morgan fingerprint density at radius 2 is 1.85 bits per heavy atom. The number of rotatable bonds is 4. The second-order valence-electron chi connectivity index (χ2n) is 5.91. The molecule has 6 nitrogen and oxygen atoms in total. The lowest BCUT2D eigenvalue weighted by Crippen LogP contribution is -2.12. The summed E-state index contributed by atoms with van der Waals surface area (Å²) < 4.78 is 29.7. The number of nitriles is 1. The number of hydrogen-bond acceptors (Lipinski definition) is 4. The van der Waals surface area contributed by atoms with Gasteiger partial charge in [-0.1, -0.05) is 0 Å². The van der Waals surface area contributed by atoms with Crippen LogP contribution in [0.2, 0.25) is 0 Å². The van der Waals surface area contributed by atoms with E-state index in [1.165, 1.54) is 24.3 Å². The number of fused-ring (bicyclic) bond motifs is 1. The number of benzene rings is 2. The van der Waals surface area contributed by atoms with Crippen molar-refractivity contribution in [3.05, 3.63) is 84.8 Å². The van der Waals surface area contributed by atoms with Gasteiger partial charge in [0, 0.05) is 23.5 Å². The van der Waals surface area contributed by atoms with Crippen molar-refractivity contribution in [2.45, 2.75) is 4.90 Å². The summed E-state index contributed by atoms with van der Waals surface area (Å²) in [7, 11) is -3.73. The van der Waals surface area contributed by atoms with Crippen molar-refractivity contribution in [2.24, 2.45) is 0 Å². The number of anilines is 1. The molecular weight excluding hydrogens is 360 g/mol. The van der Waals surface area contributed by atoms with E-state index in [2.05, 4.69) is 9.71 Å². The van der Waals surface area contributed by atoms with Crippen molar-refractivity contribution in [3.63, 3.8) is 0 Å². The first-order chi connectivity index (χ1) is 13.1. The van der Waals surface area contributed by atoms with Gasteiger partial charge in [0.05, 0.1) is 33.9 Å². The van der Waals surface area contributed by atoms with Gasteiger partial charge in [0.1, 0.15) is 0 Å². The second kappa shape index (κ2) is 6.59. The van der Waals surface area contributed by atoms with E-state index in [1.807, 2.05) is 41.1 Å². The van der Waals surface area contributed by atoms with E-state index in [-0.39, 0.29) is 4.90 Å². The maximum absolute atomic E-state index is 12.6. The molecule has 0 aliphatic heterocycles. The lowest BCUT2D eigenvalue weighted by atomic mass is 10.2. The molecule has 0 amide bonds. The van der Waals surface area contributed by atoms with Gasteiger partial charge in [-0.25, -0.2) is 8.42 Å². The summed E-state index contributed by atoms with van der Waals surface area (Å²) in [6.45, 7) is 0. The third-order valence-electron chi connectivity index (χ3n) is 4.16. The fourth-order valence-electron chi connectivity index (χ4n) is 2.85. The topological polar surface area (TPSA) is 87.8 Å². The van der Waals surface area contributed by atoms with Gasteiger partial charge >= 0.3 is 0 Å². The Kier molecular flexibility index (Phi) is 4.11. The first-order valence-corrected chi connectivity index (χ1v) is 9.60. The first-order valence-electron chi connectivity index (χ1n) is 8.11. The van der Waals surface area contributed by atoms with Crippen LogP contribution in [0.25, 0.3) is 16.6 Å². The van der Waals surface area contributed by atoms with Crippen LogP contribution in [0.15, 0.2) is 84.1 Å². The maximum Gasteiger partial charge on any atom is 0.261 e. The van der Waals surface area contributed by atoms with E-state index in [1.54, 1.807) is 24.5 Å². The number of sulfonamides is 1. The Balaban J connectivity index is 1.66. The third kappa shape index (κ3) is 3.26. The summed E-state index contributed by atoms with van der Waals surface area (Å²) in [4.78, 5) is 4.23. The van der Waals surface area contributed by atoms with Crippen molar-refractivity contribution >= 4 is 26.6 Å². The van der Waals surface area contributed by atoms with Crippen LogP contribution < -0.4 is 4.72 Å². The fraction of sp³-hybridized carbons (Fsp3) is 0. The highest BCUT2D eigenvalue weighted by Crippen LogP contribution is 2.25. The van der Waals surface area contributed by atoms with E-state index in [0.29, 0.717) is 11.3 Å². The number of hydrogen-bond donors (Lipinski definition) is 1. The summed E-state index contributed by atoms with van der Waals surface area (Å²) in [6.07, 6.45) is 5.40. The van der Waals surface area contributed by atoms with Crippen LogP contribution in [-0.4, -0.2) is 18.0 Å². The van der Waals surface area contributed by atoms with Crippen molar-refractivity contribution in [1.82, 2.24) is 9.55 Å². The van der Waals surface area contributed by atoms with Crippen LogP contribution in [0.4, 0.5) is 5.69 Å². The minimum absolute atomic E-state index is 0.106. The van der Waals surface area contributed by atoms with Gasteiger partial charge in [0.15, 0.2) is 0 Å². The van der Waals surface area contributed by atoms with Crippen molar-refractivity contribution < 1.29 is 8.42 Å². The summed E-state index contributed by atoms with van der Waals surface area (Å²) >= 11 is 0. The Labute approximate surface area is 156 Å². The van der Waals surface area contributed by atoms with Crippen LogP contribution in [0.1, 0.15) is 5.56 Å². The number of nitrogens with one attached hydrogen (secondary N) is 1. The largest absolute Gasteiger partial charge is 0.315 e. The monoisotopic (exact) mass is 374 g/mol. The molecule has 0 spiro atoms. The Hall–Kier alpha value is -3.63. The molecule has 27 heavy (non-hydrogen) atoms. The van der Waals surface area contributed by atoms with Crippen LogP contribution in [0.3, 0.4) is 0 Å². The summed E-state index contributed by atoms with van der Waals surface area (Å²) in [6, 6.07) is 18.8. The van der Waals surface area contributed by atoms with Gasteiger partial charge in [0.25, 0.3) is 10.0 Å². The zero-order valence-electron chi connectivity index (χ0n) is 14.1. The second-order valence-corrected chi connectivity index (χ2v) is 7.59. The van der Waals surface area contributed by atoms with E-state index in [0.717, 1.165) is 16.6 Å². The van der Waals surface area contributed by atoms with Crippen molar-refractivity contribution in [1.29, 1.82) is 5.26 Å². The fourth-order valence-corrected chi connectivity index (χ4v) is 3.90. The molecule has 2 aromatic heterocycles. The molecule has 4 aromatic rings. The van der Waals surface area contributed by atoms with Crippen LogP contribution in [-0.2, 0) is 10.0 Å². The standard InChI is InChI=1S/C20H14N4O2S/c21-13-15-3-6-19(7-4-15)27(25,26)23-17-5-8-20-16(12-17)9-11-24(20)18-2-1-10-22-14-18/h1-12,14,23H. The van der Waals surface area contributed by atoms with E-state index < -0.39 is 10.0 Å². The molecular formula is C20H14N4O2S. The molecule has 132 valence electrons. The zero-order valence-corrected chi connectivity index (χ0v) is 14.9. The molecule has 0 bridgehead atoms. The number of nitrogens with zero attached hydrogens (tertiary/aromatic N) is 3. The molecule has 2 heterocycles. The van der Waals surface area contributed by atoms with E-state index in [9.17, 15) is 8.42 Å². The van der Waals surface area contributed by atoms with E-state index >= 15 is 0 Å². The molecule has 0 radical (unpaired) electrons. The molecule has 0 saturated carbocycles. The SMILES string of the molecule is N#Cc1ccc(S(=O)(=O)Nc2ccc3c(ccn3-c3cccnc3)c2)cc1. The summed E-state index contributed by atoms with van der Waals surface area (Å²) in [5.74, 6) is 0. The zero-order chi connectivity index (χ0) is 18.9. The van der Waals surface area contributed by atoms with Gasteiger partial charge in [0.2, 0.25) is 0 Å². The number of pyridine rings is 1. The molecule has 7 heteroatoms. The average Bonchev–Trinajstić information content (AvgIpc) is 3.11. The quantitative estimate of drug-likeness (QED) is 0.590. The molecule has 4 rings (SSSR count). The Bertz CT molecular complexity index is 1260. The molecule has 0 aliphatic rings. The van der Waals surface area contributed by atoms with Gasteiger partial charge in [-0.05, 0) is 60.7 Å². The third-order valence-corrected chi connectivity index (χ3v) is 5.56. The highest BCUT2D eigenvalue weighted by molar-refractivity contribution is 7.92. The normalized spacial score (nSPS) is 11.2. The van der Waals surface area contributed by atoms with Crippen molar-refractivity contribution in [3.8, 4) is 11.8 Å². The van der Waals surface area contributed by atoms with Crippen LogP contribution in [0, 0.1) is 11.3 Å². The van der Waals surface area contributed by atoms with Gasteiger partial charge < -0.3 is 4.57 Å². The van der Waals surface area contributed by atoms with E-state index in [4.69, 9.17) is 5.26 Å². The highest BCUT2D eigenvalue weighted by Gasteiger charge is 2.15. The Morgan fingerprint density at radius 1 is 1.04 bits per heavy atom. The number of aromatic nitrogens is 2. The van der Waals surface area contributed by atoms with Crippen LogP contribution in [0.5, 0.6) is 0 Å². The predicted molar refractivity (Wildman–Crippen MR) is 103 cm³/mol. The molecule has 0 fully saturated rings. The summed E-state index contributed by atoms with van der Waals surface area (Å²) in [5, 5.41) is 9.73. The minimum atomic E-state index is -3.73. The molecule has 0 saturated heterocycles. The van der Waals surface area contributed by atoms with Gasteiger partial charge in [-0.15, -0.1) is 0 Å². The Morgan fingerprint density at radius 3 is 2.56 bits per heavy atom. The molecule has 0 atom stereocenters. The molecule has 0 aliphatic carbocycles. The first kappa shape index (κ1) is 16.8.